The van der Waals surface area contributed by atoms with Crippen LogP contribution in [0.3, 0.4) is 0 Å². The molecule has 0 atom stereocenters. The Balaban J connectivity index is 2.42. The van der Waals surface area contributed by atoms with Crippen molar-refractivity contribution >= 4 is 5.97 Å². The highest BCUT2D eigenvalue weighted by Gasteiger charge is 2.17. The predicted octanol–water partition coefficient (Wildman–Crippen LogP) is 1.57. The number of benzene rings is 1. The molecule has 0 aliphatic heterocycles. The molecular formula is C12H11NO4. The summed E-state index contributed by atoms with van der Waals surface area (Å²) in [5.41, 5.74) is 1.45. The molecule has 1 aromatic heterocycles. The zero-order valence-electron chi connectivity index (χ0n) is 8.96. The number of aromatic carboxylic acids is 1. The number of aliphatic hydroxyl groups is 1. The van der Waals surface area contributed by atoms with E-state index < -0.39 is 5.97 Å². The Bertz CT molecular complexity index is 533. The van der Waals surface area contributed by atoms with Crippen LogP contribution in [-0.4, -0.2) is 27.8 Å². The molecule has 0 saturated carbocycles. The third-order valence-corrected chi connectivity index (χ3v) is 2.36. The number of oxazole rings is 1. The quantitative estimate of drug-likeness (QED) is 0.837. The lowest BCUT2D eigenvalue weighted by Gasteiger charge is -2.02. The summed E-state index contributed by atoms with van der Waals surface area (Å²) >= 11 is 0. The van der Waals surface area contributed by atoms with Gasteiger partial charge in [0.15, 0.2) is 17.8 Å². The van der Waals surface area contributed by atoms with Gasteiger partial charge in [0.1, 0.15) is 0 Å². The molecule has 0 aliphatic rings. The first-order chi connectivity index (χ1) is 8.22. The second-order valence-corrected chi connectivity index (χ2v) is 3.51. The normalized spacial score (nSPS) is 10.4. The maximum atomic E-state index is 10.9. The van der Waals surface area contributed by atoms with Crippen LogP contribution in [-0.2, 0) is 6.42 Å². The van der Waals surface area contributed by atoms with Gasteiger partial charge in [0.25, 0.3) is 0 Å². The Morgan fingerprint density at radius 2 is 2.24 bits per heavy atom. The molecule has 0 amide bonds. The summed E-state index contributed by atoms with van der Waals surface area (Å²) in [4.78, 5) is 14.6. The number of aromatic nitrogens is 1. The average Bonchev–Trinajstić information content (AvgIpc) is 2.79. The van der Waals surface area contributed by atoms with Crippen molar-refractivity contribution in [3.8, 4) is 11.3 Å². The molecule has 0 saturated heterocycles. The summed E-state index contributed by atoms with van der Waals surface area (Å²) in [6.07, 6.45) is 1.63. The smallest absolute Gasteiger partial charge is 0.358 e. The number of carboxylic acid groups (broad SMARTS) is 1. The van der Waals surface area contributed by atoms with Gasteiger partial charge < -0.3 is 14.6 Å². The molecule has 0 unspecified atom stereocenters. The number of rotatable bonds is 4. The van der Waals surface area contributed by atoms with Gasteiger partial charge in [-0.25, -0.2) is 9.78 Å². The molecule has 17 heavy (non-hydrogen) atoms. The van der Waals surface area contributed by atoms with Crippen molar-refractivity contribution in [2.75, 3.05) is 6.61 Å². The van der Waals surface area contributed by atoms with Crippen molar-refractivity contribution in [3.05, 3.63) is 41.9 Å². The number of aliphatic hydroxyl groups excluding tert-OH is 1. The van der Waals surface area contributed by atoms with Crippen LogP contribution < -0.4 is 0 Å². The Morgan fingerprint density at radius 1 is 1.41 bits per heavy atom. The highest BCUT2D eigenvalue weighted by molar-refractivity contribution is 5.92. The van der Waals surface area contributed by atoms with Gasteiger partial charge in [-0.05, 0) is 18.1 Å². The molecule has 2 N–H and O–H groups in total. The third-order valence-electron chi connectivity index (χ3n) is 2.36. The first-order valence-electron chi connectivity index (χ1n) is 5.09. The summed E-state index contributed by atoms with van der Waals surface area (Å²) in [5.74, 6) is -0.890. The lowest BCUT2D eigenvalue weighted by molar-refractivity contribution is 0.0691. The van der Waals surface area contributed by atoms with E-state index in [0.717, 1.165) is 12.0 Å². The fourth-order valence-corrected chi connectivity index (χ4v) is 1.60. The minimum atomic E-state index is -1.12. The Kier molecular flexibility index (Phi) is 3.20. The summed E-state index contributed by atoms with van der Waals surface area (Å²) in [5, 5.41) is 17.8. The molecule has 0 bridgehead atoms. The van der Waals surface area contributed by atoms with Gasteiger partial charge in [0, 0.05) is 12.2 Å². The average molecular weight is 233 g/mol. The highest BCUT2D eigenvalue weighted by Crippen LogP contribution is 2.24. The second-order valence-electron chi connectivity index (χ2n) is 3.51. The van der Waals surface area contributed by atoms with Gasteiger partial charge in [0.2, 0.25) is 0 Å². The van der Waals surface area contributed by atoms with Gasteiger partial charge in [-0.15, -0.1) is 0 Å². The fraction of sp³-hybridized carbons (Fsp3) is 0.167. The SMILES string of the molecule is O=C(O)c1ncoc1-c1cccc(CCO)c1. The molecule has 1 heterocycles. The maximum Gasteiger partial charge on any atom is 0.358 e. The zero-order chi connectivity index (χ0) is 12.3. The molecule has 0 spiro atoms. The summed E-state index contributed by atoms with van der Waals surface area (Å²) in [6.45, 7) is 0.0473. The molecule has 1 aromatic carbocycles. The van der Waals surface area contributed by atoms with Crippen molar-refractivity contribution in [2.45, 2.75) is 6.42 Å². The lowest BCUT2D eigenvalue weighted by Crippen LogP contribution is -1.99. The molecule has 2 aromatic rings. The monoisotopic (exact) mass is 233 g/mol. The van der Waals surface area contributed by atoms with Crippen molar-refractivity contribution in [2.24, 2.45) is 0 Å². The van der Waals surface area contributed by atoms with E-state index in [4.69, 9.17) is 14.6 Å². The van der Waals surface area contributed by atoms with Crippen LogP contribution in [0.5, 0.6) is 0 Å². The Morgan fingerprint density at radius 3 is 2.94 bits per heavy atom. The first-order valence-corrected chi connectivity index (χ1v) is 5.09. The van der Waals surface area contributed by atoms with Gasteiger partial charge >= 0.3 is 5.97 Å². The number of carbonyl (C=O) groups is 1. The second kappa shape index (κ2) is 4.80. The van der Waals surface area contributed by atoms with Crippen LogP contribution in [0.4, 0.5) is 0 Å². The largest absolute Gasteiger partial charge is 0.476 e. The molecular weight excluding hydrogens is 222 g/mol. The molecule has 5 nitrogen and oxygen atoms in total. The number of hydrogen-bond donors (Lipinski definition) is 2. The van der Waals surface area contributed by atoms with Crippen molar-refractivity contribution in [1.29, 1.82) is 0 Å². The minimum absolute atomic E-state index is 0.0473. The standard InChI is InChI=1S/C12H11NO4/c14-5-4-8-2-1-3-9(6-8)11-10(12(15)16)13-7-17-11/h1-3,6-7,14H,4-5H2,(H,15,16). The summed E-state index contributed by atoms with van der Waals surface area (Å²) in [7, 11) is 0. The first kappa shape index (κ1) is 11.3. The van der Waals surface area contributed by atoms with Gasteiger partial charge in [0.05, 0.1) is 0 Å². The van der Waals surface area contributed by atoms with E-state index in [0.29, 0.717) is 12.0 Å². The molecule has 5 heteroatoms. The third kappa shape index (κ3) is 2.34. The van der Waals surface area contributed by atoms with Gasteiger partial charge in [-0.1, -0.05) is 18.2 Å². The highest BCUT2D eigenvalue weighted by atomic mass is 16.4. The number of hydrogen-bond acceptors (Lipinski definition) is 4. The van der Waals surface area contributed by atoms with E-state index in [1.807, 2.05) is 6.07 Å². The van der Waals surface area contributed by atoms with E-state index in [-0.39, 0.29) is 18.1 Å². The molecule has 0 aliphatic carbocycles. The minimum Gasteiger partial charge on any atom is -0.476 e. The Hall–Kier alpha value is -2.14. The van der Waals surface area contributed by atoms with Crippen LogP contribution in [0.2, 0.25) is 0 Å². The maximum absolute atomic E-state index is 10.9. The number of nitrogens with zero attached hydrogens (tertiary/aromatic N) is 1. The van der Waals surface area contributed by atoms with Crippen molar-refractivity contribution in [1.82, 2.24) is 4.98 Å². The van der Waals surface area contributed by atoms with E-state index in [2.05, 4.69) is 4.98 Å². The lowest BCUT2D eigenvalue weighted by atomic mass is 10.1. The zero-order valence-corrected chi connectivity index (χ0v) is 8.96. The topological polar surface area (TPSA) is 83.6 Å². The van der Waals surface area contributed by atoms with E-state index in [1.54, 1.807) is 18.2 Å². The van der Waals surface area contributed by atoms with E-state index >= 15 is 0 Å². The number of carboxylic acids is 1. The molecule has 2 rings (SSSR count). The van der Waals surface area contributed by atoms with Crippen LogP contribution in [0.15, 0.2) is 35.1 Å². The van der Waals surface area contributed by atoms with Gasteiger partial charge in [-0.2, -0.15) is 0 Å². The van der Waals surface area contributed by atoms with Crippen molar-refractivity contribution < 1.29 is 19.4 Å². The van der Waals surface area contributed by atoms with Crippen LogP contribution in [0.25, 0.3) is 11.3 Å². The van der Waals surface area contributed by atoms with Crippen LogP contribution in [0.1, 0.15) is 16.1 Å². The van der Waals surface area contributed by atoms with Crippen LogP contribution >= 0.6 is 0 Å². The van der Waals surface area contributed by atoms with Crippen LogP contribution in [0, 0.1) is 0 Å². The molecule has 0 fully saturated rings. The Labute approximate surface area is 97.3 Å². The van der Waals surface area contributed by atoms with E-state index in [1.165, 1.54) is 0 Å². The van der Waals surface area contributed by atoms with E-state index in [9.17, 15) is 4.79 Å². The molecule has 0 radical (unpaired) electrons. The molecule has 88 valence electrons. The summed E-state index contributed by atoms with van der Waals surface area (Å²) < 4.78 is 5.09. The summed E-state index contributed by atoms with van der Waals surface area (Å²) in [6, 6.07) is 7.17. The van der Waals surface area contributed by atoms with Gasteiger partial charge in [-0.3, -0.25) is 0 Å². The predicted molar refractivity (Wildman–Crippen MR) is 59.7 cm³/mol. The van der Waals surface area contributed by atoms with Crippen molar-refractivity contribution in [3.63, 3.8) is 0 Å². The fourth-order valence-electron chi connectivity index (χ4n) is 1.60.